The van der Waals surface area contributed by atoms with Gasteiger partial charge in [-0.15, -0.1) is 0 Å². The average Bonchev–Trinajstić information content (AvgIpc) is 3.60. The van der Waals surface area contributed by atoms with Crippen LogP contribution in [0.5, 0.6) is 0 Å². The third-order valence-corrected chi connectivity index (χ3v) is 6.82. The minimum atomic E-state index is -1.58. The van der Waals surface area contributed by atoms with Gasteiger partial charge in [-0.1, -0.05) is 12.1 Å². The van der Waals surface area contributed by atoms with Crippen molar-refractivity contribution >= 4 is 53.1 Å². The first-order chi connectivity index (χ1) is 20.9. The molecule has 3 atom stereocenters. The molecule has 2 aliphatic heterocycles. The summed E-state index contributed by atoms with van der Waals surface area (Å²) in [6.45, 7) is 0.435. The second kappa shape index (κ2) is 15.4. The number of carbonyl (C=O) groups excluding carboxylic acids is 7. The van der Waals surface area contributed by atoms with E-state index in [9.17, 15) is 48.6 Å². The number of carboxylic acid groups (broad SMARTS) is 1. The molecule has 0 spiro atoms. The first-order valence-electron chi connectivity index (χ1n) is 13.7. The maximum atomic E-state index is 13.0. The zero-order chi connectivity index (χ0) is 32.4. The van der Waals surface area contributed by atoms with Gasteiger partial charge in [0.1, 0.15) is 24.7 Å². The number of anilines is 1. The topological polar surface area (TPSA) is 229 Å². The molecule has 44 heavy (non-hydrogen) atoms. The third kappa shape index (κ3) is 9.19. The van der Waals surface area contributed by atoms with Crippen LogP contribution >= 0.6 is 0 Å². The average molecular weight is 616 g/mol. The van der Waals surface area contributed by atoms with E-state index in [1.54, 1.807) is 12.1 Å². The van der Waals surface area contributed by atoms with Crippen LogP contribution < -0.4 is 16.0 Å². The van der Waals surface area contributed by atoms with Crippen LogP contribution in [-0.4, -0.2) is 105 Å². The Bertz CT molecular complexity index is 1330. The van der Waals surface area contributed by atoms with Crippen molar-refractivity contribution < 1.29 is 53.3 Å². The Balaban J connectivity index is 1.58. The van der Waals surface area contributed by atoms with Crippen LogP contribution in [0.4, 0.5) is 5.69 Å². The zero-order valence-corrected chi connectivity index (χ0v) is 23.8. The van der Waals surface area contributed by atoms with Crippen molar-refractivity contribution in [3.63, 3.8) is 0 Å². The number of esters is 1. The lowest BCUT2D eigenvalue weighted by Crippen LogP contribution is -2.57. The molecule has 236 valence electrons. The number of carbonyl (C=O) groups is 8. The van der Waals surface area contributed by atoms with E-state index in [1.807, 2.05) is 0 Å². The molecule has 1 fully saturated rings. The highest BCUT2D eigenvalue weighted by Crippen LogP contribution is 2.19. The van der Waals surface area contributed by atoms with Gasteiger partial charge >= 0.3 is 11.9 Å². The largest absolute Gasteiger partial charge is 0.481 e. The van der Waals surface area contributed by atoms with E-state index in [0.717, 1.165) is 17.1 Å². The van der Waals surface area contributed by atoms with Crippen molar-refractivity contribution in [1.29, 1.82) is 0 Å². The number of hydrogen-bond donors (Lipinski definition) is 5. The minimum Gasteiger partial charge on any atom is -0.481 e. The molecule has 1 saturated heterocycles. The molecule has 3 rings (SSSR count). The van der Waals surface area contributed by atoms with Gasteiger partial charge in [0, 0.05) is 44.3 Å². The van der Waals surface area contributed by atoms with E-state index in [0.29, 0.717) is 12.0 Å². The quantitative estimate of drug-likeness (QED) is 0.119. The normalized spacial score (nSPS) is 17.2. The smallest absolute Gasteiger partial charge is 0.305 e. The van der Waals surface area contributed by atoms with Crippen molar-refractivity contribution in [3.8, 4) is 0 Å². The van der Waals surface area contributed by atoms with Gasteiger partial charge in [0.2, 0.25) is 23.6 Å². The summed E-state index contributed by atoms with van der Waals surface area (Å²) in [5.74, 6) is -6.11. The molecule has 16 nitrogen and oxygen atoms in total. The molecule has 0 bridgehead atoms. The second-order valence-corrected chi connectivity index (χ2v) is 10.0. The van der Waals surface area contributed by atoms with E-state index in [4.69, 9.17) is 4.74 Å². The predicted molar refractivity (Wildman–Crippen MR) is 149 cm³/mol. The summed E-state index contributed by atoms with van der Waals surface area (Å²) < 4.78 is 4.89. The van der Waals surface area contributed by atoms with Gasteiger partial charge in [-0.25, -0.2) is 0 Å². The summed E-state index contributed by atoms with van der Waals surface area (Å²) >= 11 is 0. The number of aliphatic hydroxyl groups is 1. The number of amides is 6. The van der Waals surface area contributed by atoms with Crippen molar-refractivity contribution in [3.05, 3.63) is 42.0 Å². The number of nitrogens with zero attached hydrogens (tertiary/aromatic N) is 2. The third-order valence-electron chi connectivity index (χ3n) is 6.82. The Kier molecular flexibility index (Phi) is 11.7. The lowest BCUT2D eigenvalue weighted by Gasteiger charge is -2.27. The van der Waals surface area contributed by atoms with Crippen LogP contribution in [-0.2, 0) is 49.7 Å². The number of carboxylic acids is 1. The van der Waals surface area contributed by atoms with Crippen LogP contribution in [0, 0.1) is 0 Å². The van der Waals surface area contributed by atoms with Crippen molar-refractivity contribution in [2.75, 3.05) is 25.0 Å². The van der Waals surface area contributed by atoms with E-state index >= 15 is 0 Å². The minimum absolute atomic E-state index is 0.0145. The fourth-order valence-electron chi connectivity index (χ4n) is 4.56. The maximum Gasteiger partial charge on any atom is 0.305 e. The number of imide groups is 1. The number of aliphatic carboxylic acids is 1. The Hall–Kier alpha value is -5.12. The molecule has 0 radical (unpaired) electrons. The van der Waals surface area contributed by atoms with Crippen LogP contribution in [0.2, 0.25) is 0 Å². The standard InChI is InChI=1S/C28H33N5O11/c1-16(35)44-15-17-4-6-18(7-5-17)29-26(41)19(13-25(39)40)30-27(42)20(14-34)31-28(43)21-3-2-11-32(21)24(38)10-12-33-22(36)8-9-23(33)37/h4-9,19-21,34H,2-3,10-15H2,1H3,(H,29,41)(H,30,42)(H,31,43)(H,39,40)/t19-,20-,21?/m0/s1. The Morgan fingerprint density at radius 3 is 2.23 bits per heavy atom. The number of nitrogens with one attached hydrogen (secondary N) is 3. The van der Waals surface area contributed by atoms with Crippen LogP contribution in [0.25, 0.3) is 0 Å². The Morgan fingerprint density at radius 1 is 0.977 bits per heavy atom. The molecular weight excluding hydrogens is 582 g/mol. The lowest BCUT2D eigenvalue weighted by molar-refractivity contribution is -0.143. The highest BCUT2D eigenvalue weighted by Gasteiger charge is 2.37. The van der Waals surface area contributed by atoms with Gasteiger partial charge in [0.25, 0.3) is 11.8 Å². The molecule has 5 N–H and O–H groups in total. The Morgan fingerprint density at radius 2 is 1.64 bits per heavy atom. The highest BCUT2D eigenvalue weighted by molar-refractivity contribution is 6.13. The van der Waals surface area contributed by atoms with Crippen LogP contribution in [0.3, 0.4) is 0 Å². The molecule has 1 aromatic rings. The zero-order valence-electron chi connectivity index (χ0n) is 23.8. The summed E-state index contributed by atoms with van der Waals surface area (Å²) in [5, 5.41) is 26.1. The first-order valence-corrected chi connectivity index (χ1v) is 13.7. The number of ether oxygens (including phenoxy) is 1. The Labute approximate surface area is 251 Å². The summed E-state index contributed by atoms with van der Waals surface area (Å²) in [4.78, 5) is 99.6. The molecule has 2 heterocycles. The molecule has 16 heteroatoms. The van der Waals surface area contributed by atoms with E-state index in [1.165, 1.54) is 24.0 Å². The molecule has 1 unspecified atom stereocenters. The molecule has 0 aromatic heterocycles. The van der Waals surface area contributed by atoms with Gasteiger partial charge in [-0.05, 0) is 30.5 Å². The summed E-state index contributed by atoms with van der Waals surface area (Å²) in [5.41, 5.74) is 0.894. The van der Waals surface area contributed by atoms with Crippen molar-refractivity contribution in [2.24, 2.45) is 0 Å². The molecule has 6 amide bonds. The molecule has 2 aliphatic rings. The molecule has 0 saturated carbocycles. The monoisotopic (exact) mass is 615 g/mol. The van der Waals surface area contributed by atoms with Gasteiger partial charge < -0.3 is 35.8 Å². The number of benzene rings is 1. The number of aliphatic hydroxyl groups excluding tert-OH is 1. The molecule has 1 aromatic carbocycles. The maximum absolute atomic E-state index is 13.0. The van der Waals surface area contributed by atoms with Crippen molar-refractivity contribution in [2.45, 2.75) is 57.3 Å². The summed E-state index contributed by atoms with van der Waals surface area (Å²) in [7, 11) is 0. The SMILES string of the molecule is CC(=O)OCc1ccc(NC(=O)[C@H](CC(=O)O)NC(=O)[C@H](CO)NC(=O)C2CCCN2C(=O)CCN2C(=O)C=CC2=O)cc1. The van der Waals surface area contributed by atoms with Crippen molar-refractivity contribution in [1.82, 2.24) is 20.4 Å². The van der Waals surface area contributed by atoms with E-state index < -0.39 is 78.5 Å². The second-order valence-electron chi connectivity index (χ2n) is 10.0. The predicted octanol–water partition coefficient (Wildman–Crippen LogP) is -1.57. The number of rotatable bonds is 14. The van der Waals surface area contributed by atoms with Gasteiger partial charge in [0.05, 0.1) is 13.0 Å². The fraction of sp³-hybridized carbons (Fsp3) is 0.429. The molecular formula is C28H33N5O11. The first kappa shape index (κ1) is 33.4. The van der Waals surface area contributed by atoms with Crippen LogP contribution in [0.15, 0.2) is 36.4 Å². The molecule has 0 aliphatic carbocycles. The van der Waals surface area contributed by atoms with Gasteiger partial charge in [-0.2, -0.15) is 0 Å². The summed E-state index contributed by atoms with van der Waals surface area (Å²) in [6, 6.07) is 1.96. The van der Waals surface area contributed by atoms with Crippen LogP contribution in [0.1, 0.15) is 38.2 Å². The highest BCUT2D eigenvalue weighted by atomic mass is 16.5. The van der Waals surface area contributed by atoms with Gasteiger partial charge in [-0.3, -0.25) is 43.3 Å². The summed E-state index contributed by atoms with van der Waals surface area (Å²) in [6.07, 6.45) is 1.88. The van der Waals surface area contributed by atoms with E-state index in [2.05, 4.69) is 16.0 Å². The lowest BCUT2D eigenvalue weighted by atomic mass is 10.1. The van der Waals surface area contributed by atoms with E-state index in [-0.39, 0.29) is 38.2 Å². The number of likely N-dealkylation sites (tertiary alicyclic amines) is 1. The fourth-order valence-corrected chi connectivity index (χ4v) is 4.56. The number of hydrogen-bond acceptors (Lipinski definition) is 10. The van der Waals surface area contributed by atoms with Gasteiger partial charge in [0.15, 0.2) is 0 Å².